The topological polar surface area (TPSA) is 162 Å². The molecule has 8 heteroatoms. The first kappa shape index (κ1) is 102. The number of rotatable bonds is 30. The summed E-state index contributed by atoms with van der Waals surface area (Å²) in [5.74, 6) is 13.3. The van der Waals surface area contributed by atoms with E-state index in [0.29, 0.717) is 41.4 Å². The summed E-state index contributed by atoms with van der Waals surface area (Å²) >= 11 is 0. The molecule has 0 heterocycles. The SMILES string of the molecule is CCC1C(O)CCCC1CC(C)C.CCC1CCC(O)CC1C(C)C.CCCCC1CC(CC)CCC1O.CCCCC1CCC(CC)C(O)C1.CCCCC1CCC(O)C(CC)C1.CCCCC1CCCC(CC)C1O.CCCCC1CCCC(O)C1CC.CCCCCC1CC(O)CCC1CC. The van der Waals surface area contributed by atoms with E-state index >= 15 is 0 Å². The third-order valence-electron chi connectivity index (χ3n) is 28.4. The highest BCUT2D eigenvalue weighted by Crippen LogP contribution is 2.42. The fourth-order valence-electron chi connectivity index (χ4n) is 21.2. The Kier molecular flexibility index (Phi) is 61.7. The van der Waals surface area contributed by atoms with Gasteiger partial charge in [-0.3, -0.25) is 0 Å². The van der Waals surface area contributed by atoms with Crippen LogP contribution in [0.15, 0.2) is 0 Å². The van der Waals surface area contributed by atoms with E-state index in [1.807, 2.05) is 0 Å². The summed E-state index contributed by atoms with van der Waals surface area (Å²) in [6, 6.07) is 0. The molecular formula is C96H192O8. The predicted octanol–water partition coefficient (Wildman–Crippen LogP) is 26.6. The Bertz CT molecular complexity index is 1850. The molecule has 0 saturated heterocycles. The first-order valence-corrected chi connectivity index (χ1v) is 47.4. The number of aliphatic hydroxyl groups is 8. The minimum atomic E-state index is -0.0137. The van der Waals surface area contributed by atoms with Crippen LogP contribution in [0.3, 0.4) is 0 Å². The van der Waals surface area contributed by atoms with Crippen molar-refractivity contribution in [2.75, 3.05) is 0 Å². The van der Waals surface area contributed by atoms with E-state index in [0.717, 1.165) is 155 Å². The molecule has 8 aliphatic carbocycles. The molecule has 8 fully saturated rings. The molecule has 0 aliphatic heterocycles. The van der Waals surface area contributed by atoms with Crippen molar-refractivity contribution < 1.29 is 40.9 Å². The summed E-state index contributed by atoms with van der Waals surface area (Å²) in [7, 11) is 0. The van der Waals surface area contributed by atoms with Crippen molar-refractivity contribution in [3.63, 3.8) is 0 Å². The second-order valence-electron chi connectivity index (χ2n) is 37.0. The third kappa shape index (κ3) is 42.5. The Labute approximate surface area is 651 Å². The molecule has 24 atom stereocenters. The van der Waals surface area contributed by atoms with E-state index in [1.165, 1.54) is 244 Å². The molecule has 0 aromatic carbocycles. The van der Waals surface area contributed by atoms with Gasteiger partial charge in [0.2, 0.25) is 0 Å². The van der Waals surface area contributed by atoms with Gasteiger partial charge in [-0.2, -0.15) is 0 Å². The van der Waals surface area contributed by atoms with Gasteiger partial charge in [0, 0.05) is 0 Å². The van der Waals surface area contributed by atoms with E-state index in [2.05, 4.69) is 125 Å². The normalized spacial score (nSPS) is 35.0. The fourth-order valence-corrected chi connectivity index (χ4v) is 21.2. The molecule has 0 aromatic heterocycles. The maximum absolute atomic E-state index is 10.1. The van der Waals surface area contributed by atoms with Crippen LogP contribution in [-0.2, 0) is 0 Å². The summed E-state index contributed by atoms with van der Waals surface area (Å²) in [5, 5.41) is 78.3. The Morgan fingerprint density at radius 1 is 0.250 bits per heavy atom. The van der Waals surface area contributed by atoms with Gasteiger partial charge in [-0.15, -0.1) is 0 Å². The van der Waals surface area contributed by atoms with E-state index in [9.17, 15) is 40.9 Å². The zero-order valence-corrected chi connectivity index (χ0v) is 73.4. The summed E-state index contributed by atoms with van der Waals surface area (Å²) in [4.78, 5) is 0. The van der Waals surface area contributed by atoms with Gasteiger partial charge >= 0.3 is 0 Å². The van der Waals surface area contributed by atoms with E-state index in [1.54, 1.807) is 0 Å². The molecule has 8 saturated carbocycles. The van der Waals surface area contributed by atoms with Crippen LogP contribution < -0.4 is 0 Å². The maximum Gasteiger partial charge on any atom is 0.0596 e. The summed E-state index contributed by atoms with van der Waals surface area (Å²) in [6.07, 6.45) is 64.6. The van der Waals surface area contributed by atoms with Crippen LogP contribution in [0.1, 0.15) is 459 Å². The molecule has 24 unspecified atom stereocenters. The lowest BCUT2D eigenvalue weighted by molar-refractivity contribution is 0.0115. The average molecular weight is 1470 g/mol. The van der Waals surface area contributed by atoms with Gasteiger partial charge in [0.15, 0.2) is 0 Å². The van der Waals surface area contributed by atoms with Gasteiger partial charge in [-0.25, -0.2) is 0 Å². The molecule has 0 radical (unpaired) electrons. The van der Waals surface area contributed by atoms with Crippen LogP contribution in [0.25, 0.3) is 0 Å². The quantitative estimate of drug-likeness (QED) is 0.0330. The predicted molar refractivity (Wildman–Crippen MR) is 453 cm³/mol. The first-order valence-electron chi connectivity index (χ1n) is 47.4. The third-order valence-corrected chi connectivity index (χ3v) is 28.4. The van der Waals surface area contributed by atoms with E-state index in [4.69, 9.17) is 0 Å². The molecule has 104 heavy (non-hydrogen) atoms. The lowest BCUT2D eigenvalue weighted by Crippen LogP contribution is -2.32. The minimum Gasteiger partial charge on any atom is -0.393 e. The largest absolute Gasteiger partial charge is 0.393 e. The van der Waals surface area contributed by atoms with Crippen molar-refractivity contribution in [3.8, 4) is 0 Å². The summed E-state index contributed by atoms with van der Waals surface area (Å²) in [6.45, 7) is 40.5. The van der Waals surface area contributed by atoms with Crippen molar-refractivity contribution in [3.05, 3.63) is 0 Å². The van der Waals surface area contributed by atoms with Gasteiger partial charge in [0.25, 0.3) is 0 Å². The molecule has 8 nitrogen and oxygen atoms in total. The Balaban J connectivity index is 0.000000594. The molecule has 0 spiro atoms. The fraction of sp³-hybridized carbons (Fsp3) is 1.00. The molecule has 624 valence electrons. The second kappa shape index (κ2) is 63.1. The van der Waals surface area contributed by atoms with Crippen LogP contribution in [0.5, 0.6) is 0 Å². The molecule has 0 aromatic rings. The van der Waals surface area contributed by atoms with Crippen LogP contribution in [0.2, 0.25) is 0 Å². The lowest BCUT2D eigenvalue weighted by Gasteiger charge is -2.36. The standard InChI is InChI=1S/C13H26O.6C12H24O.C11H22O/c1-3-5-6-7-12-10-13(14)9-8-11(12)4-2;1-4-11-10(8-9(2)3)6-5-7-12(11)13;1-3-5-7-10-8-6-9-12(13)11(10)4-2;1-3-5-7-11-9-6-8-10(4-2)12(11)13;1-3-5-6-10-7-8-12(13)11(4-2)9-10;1-3-5-6-10-7-8-11(4-2)12(13)9-10;1-3-5-6-11-9-10(4-2)7-8-12(11)13;1-4-9-5-6-10(12)7-11(9)8(2)3/h11-14H,3-10H2,1-2H3;9-13H,4-8H2,1-3H3;5*10-13H,3-9H2,1-2H3;8-12H,4-7H2,1-3H3. The maximum atomic E-state index is 10.1. The summed E-state index contributed by atoms with van der Waals surface area (Å²) in [5.41, 5.74) is 0. The highest BCUT2D eigenvalue weighted by Gasteiger charge is 2.36. The lowest BCUT2D eigenvalue weighted by atomic mass is 9.71. The average Bonchev–Trinajstić information content (AvgIpc) is 0.868. The Morgan fingerprint density at radius 2 is 0.654 bits per heavy atom. The molecule has 8 rings (SSSR count). The number of unbranched alkanes of at least 4 members (excludes halogenated alkanes) is 7. The van der Waals surface area contributed by atoms with Crippen molar-refractivity contribution in [1.29, 1.82) is 0 Å². The second-order valence-corrected chi connectivity index (χ2v) is 37.0. The number of hydrogen-bond donors (Lipinski definition) is 8. The molecular weight excluding hydrogens is 1280 g/mol. The number of hydrogen-bond acceptors (Lipinski definition) is 8. The smallest absolute Gasteiger partial charge is 0.0596 e. The van der Waals surface area contributed by atoms with Crippen LogP contribution >= 0.6 is 0 Å². The van der Waals surface area contributed by atoms with Crippen molar-refractivity contribution >= 4 is 0 Å². The van der Waals surface area contributed by atoms with Crippen LogP contribution in [0, 0.1) is 107 Å². The van der Waals surface area contributed by atoms with Gasteiger partial charge in [0.05, 0.1) is 48.8 Å². The van der Waals surface area contributed by atoms with Gasteiger partial charge in [-0.05, 0) is 261 Å². The zero-order chi connectivity index (χ0) is 77.8. The first-order chi connectivity index (χ1) is 50.0. The Hall–Kier alpha value is -0.320. The molecule has 8 aliphatic rings. The molecule has 0 bridgehead atoms. The highest BCUT2D eigenvalue weighted by atomic mass is 16.3. The van der Waals surface area contributed by atoms with Gasteiger partial charge < -0.3 is 40.9 Å². The monoisotopic (exact) mass is 1470 g/mol. The van der Waals surface area contributed by atoms with Crippen molar-refractivity contribution in [1.82, 2.24) is 0 Å². The highest BCUT2D eigenvalue weighted by molar-refractivity contribution is 4.87. The van der Waals surface area contributed by atoms with Gasteiger partial charge in [0.1, 0.15) is 0 Å². The molecule has 8 N–H and O–H groups in total. The number of aliphatic hydroxyl groups excluding tert-OH is 8. The van der Waals surface area contributed by atoms with E-state index < -0.39 is 0 Å². The van der Waals surface area contributed by atoms with E-state index in [-0.39, 0.29) is 48.8 Å². The van der Waals surface area contributed by atoms with Crippen LogP contribution in [-0.4, -0.2) is 89.7 Å². The van der Waals surface area contributed by atoms with Crippen molar-refractivity contribution in [2.45, 2.75) is 507 Å². The van der Waals surface area contributed by atoms with Crippen LogP contribution in [0.4, 0.5) is 0 Å². The van der Waals surface area contributed by atoms with Crippen molar-refractivity contribution in [2.24, 2.45) is 107 Å². The molecule has 0 amide bonds. The summed E-state index contributed by atoms with van der Waals surface area (Å²) < 4.78 is 0. The van der Waals surface area contributed by atoms with Gasteiger partial charge in [-0.1, -0.05) is 304 Å². The Morgan fingerprint density at radius 3 is 1.15 bits per heavy atom. The zero-order valence-electron chi connectivity index (χ0n) is 73.4. The minimum absolute atomic E-state index is 0.000561.